The molecule has 0 saturated carbocycles. The first-order valence-corrected chi connectivity index (χ1v) is 6.39. The lowest BCUT2D eigenvalue weighted by atomic mass is 10.2. The van der Waals surface area contributed by atoms with Gasteiger partial charge >= 0.3 is 5.69 Å². The van der Waals surface area contributed by atoms with Crippen molar-refractivity contribution in [1.29, 1.82) is 0 Å². The maximum absolute atomic E-state index is 10.9. The summed E-state index contributed by atoms with van der Waals surface area (Å²) in [5.41, 5.74) is -0.00802. The monoisotopic (exact) mass is 266 g/mol. The molecule has 7 nitrogen and oxygen atoms in total. The number of nitro groups is 1. The molecule has 1 saturated heterocycles. The van der Waals surface area contributed by atoms with Crippen molar-refractivity contribution in [2.75, 3.05) is 30.8 Å². The first-order chi connectivity index (χ1) is 9.20. The van der Waals surface area contributed by atoms with Gasteiger partial charge in [0.15, 0.2) is 0 Å². The van der Waals surface area contributed by atoms with Crippen LogP contribution in [-0.4, -0.2) is 36.2 Å². The summed E-state index contributed by atoms with van der Waals surface area (Å²) in [5, 5.41) is 16.8. The van der Waals surface area contributed by atoms with Crippen LogP contribution in [-0.2, 0) is 4.74 Å². The summed E-state index contributed by atoms with van der Waals surface area (Å²) >= 11 is 0. The molecule has 0 bridgehead atoms. The van der Waals surface area contributed by atoms with Crippen LogP contribution in [0.1, 0.15) is 19.3 Å². The van der Waals surface area contributed by atoms with Gasteiger partial charge in [0.05, 0.1) is 11.0 Å². The number of rotatable bonds is 6. The van der Waals surface area contributed by atoms with E-state index in [9.17, 15) is 10.1 Å². The molecule has 0 amide bonds. The number of nitrogens with zero attached hydrogens (tertiary/aromatic N) is 2. The highest BCUT2D eigenvalue weighted by Gasteiger charge is 2.18. The smallest absolute Gasteiger partial charge is 0.311 e. The maximum Gasteiger partial charge on any atom is 0.311 e. The summed E-state index contributed by atoms with van der Waals surface area (Å²) in [6.07, 6.45) is 3.26. The third-order valence-corrected chi connectivity index (χ3v) is 3.11. The second-order valence-corrected chi connectivity index (χ2v) is 4.42. The van der Waals surface area contributed by atoms with E-state index in [0.717, 1.165) is 25.9 Å². The molecule has 1 aliphatic heterocycles. The van der Waals surface area contributed by atoms with Gasteiger partial charge in [-0.05, 0) is 25.3 Å². The molecule has 1 aromatic heterocycles. The minimum atomic E-state index is -0.430. The van der Waals surface area contributed by atoms with Gasteiger partial charge in [0, 0.05) is 26.3 Å². The van der Waals surface area contributed by atoms with Crippen LogP contribution < -0.4 is 10.6 Å². The number of aromatic nitrogens is 1. The van der Waals surface area contributed by atoms with Crippen LogP contribution in [0.15, 0.2) is 12.1 Å². The first kappa shape index (κ1) is 13.5. The van der Waals surface area contributed by atoms with Gasteiger partial charge in [-0.3, -0.25) is 10.1 Å². The van der Waals surface area contributed by atoms with E-state index in [2.05, 4.69) is 15.6 Å². The predicted octanol–water partition coefficient (Wildman–Crippen LogP) is 2.01. The molecule has 0 aliphatic carbocycles. The Balaban J connectivity index is 1.98. The van der Waals surface area contributed by atoms with E-state index in [1.165, 1.54) is 6.07 Å². The standard InChI is InChI=1S/C12H18N4O3/c1-13-11-5-4-10(16(17)18)12(15-11)14-7-6-9-3-2-8-19-9/h4-5,9H,2-3,6-8H2,1H3,(H2,13,14,15). The average Bonchev–Trinajstić information content (AvgIpc) is 2.91. The van der Waals surface area contributed by atoms with Gasteiger partial charge in [0.25, 0.3) is 0 Å². The van der Waals surface area contributed by atoms with Gasteiger partial charge in [-0.25, -0.2) is 4.98 Å². The lowest BCUT2D eigenvalue weighted by Gasteiger charge is -2.11. The fourth-order valence-corrected chi connectivity index (χ4v) is 2.09. The molecule has 0 radical (unpaired) electrons. The quantitative estimate of drug-likeness (QED) is 0.604. The number of hydrogen-bond donors (Lipinski definition) is 2. The topological polar surface area (TPSA) is 89.3 Å². The summed E-state index contributed by atoms with van der Waals surface area (Å²) in [6.45, 7) is 1.43. The Kier molecular flexibility index (Phi) is 4.51. The summed E-state index contributed by atoms with van der Waals surface area (Å²) in [4.78, 5) is 14.7. The molecule has 104 valence electrons. The van der Waals surface area contributed by atoms with Gasteiger partial charge in [0.2, 0.25) is 5.82 Å². The van der Waals surface area contributed by atoms with Gasteiger partial charge < -0.3 is 15.4 Å². The van der Waals surface area contributed by atoms with E-state index in [-0.39, 0.29) is 11.8 Å². The van der Waals surface area contributed by atoms with Gasteiger partial charge in [-0.2, -0.15) is 0 Å². The van der Waals surface area contributed by atoms with Crippen LogP contribution in [0.2, 0.25) is 0 Å². The van der Waals surface area contributed by atoms with E-state index in [4.69, 9.17) is 4.74 Å². The molecule has 7 heteroatoms. The maximum atomic E-state index is 10.9. The Morgan fingerprint density at radius 1 is 1.58 bits per heavy atom. The van der Waals surface area contributed by atoms with Crippen molar-refractivity contribution >= 4 is 17.3 Å². The second-order valence-electron chi connectivity index (χ2n) is 4.42. The highest BCUT2D eigenvalue weighted by molar-refractivity contribution is 5.60. The summed E-state index contributed by atoms with van der Waals surface area (Å²) in [5.74, 6) is 0.903. The number of hydrogen-bond acceptors (Lipinski definition) is 6. The lowest BCUT2D eigenvalue weighted by molar-refractivity contribution is -0.384. The van der Waals surface area contributed by atoms with Gasteiger partial charge in [-0.1, -0.05) is 0 Å². The Hall–Kier alpha value is -1.89. The SMILES string of the molecule is CNc1ccc([N+](=O)[O-])c(NCCC2CCCO2)n1. The van der Waals surface area contributed by atoms with Crippen LogP contribution in [0.3, 0.4) is 0 Å². The molecule has 2 N–H and O–H groups in total. The zero-order chi connectivity index (χ0) is 13.7. The molecule has 1 aromatic rings. The number of pyridine rings is 1. The number of anilines is 2. The Bertz CT molecular complexity index is 447. The third kappa shape index (κ3) is 3.54. The number of nitrogens with one attached hydrogen (secondary N) is 2. The second kappa shape index (κ2) is 6.33. The molecule has 2 heterocycles. The Morgan fingerprint density at radius 2 is 2.42 bits per heavy atom. The molecule has 1 unspecified atom stereocenters. The van der Waals surface area contributed by atoms with Crippen LogP contribution >= 0.6 is 0 Å². The number of ether oxygens (including phenoxy) is 1. The summed E-state index contributed by atoms with van der Waals surface area (Å²) in [6, 6.07) is 3.04. The zero-order valence-corrected chi connectivity index (χ0v) is 10.9. The van der Waals surface area contributed by atoms with E-state index >= 15 is 0 Å². The van der Waals surface area contributed by atoms with Crippen molar-refractivity contribution in [3.8, 4) is 0 Å². The molecule has 2 rings (SSSR count). The summed E-state index contributed by atoms with van der Waals surface area (Å²) in [7, 11) is 1.73. The minimum absolute atomic E-state index is 0.00802. The summed E-state index contributed by atoms with van der Waals surface area (Å²) < 4.78 is 5.51. The van der Waals surface area contributed by atoms with Crippen LogP contribution in [0.25, 0.3) is 0 Å². The van der Waals surface area contributed by atoms with E-state index in [1.54, 1.807) is 13.1 Å². The van der Waals surface area contributed by atoms with Crippen molar-refractivity contribution in [2.24, 2.45) is 0 Å². The van der Waals surface area contributed by atoms with Crippen molar-refractivity contribution in [1.82, 2.24) is 4.98 Å². The van der Waals surface area contributed by atoms with Crippen LogP contribution in [0.4, 0.5) is 17.3 Å². The van der Waals surface area contributed by atoms with E-state index in [1.807, 2.05) is 0 Å². The highest BCUT2D eigenvalue weighted by atomic mass is 16.6. The molecular weight excluding hydrogens is 248 g/mol. The molecule has 19 heavy (non-hydrogen) atoms. The van der Waals surface area contributed by atoms with Crippen molar-refractivity contribution < 1.29 is 9.66 Å². The normalized spacial score (nSPS) is 18.3. The third-order valence-electron chi connectivity index (χ3n) is 3.11. The van der Waals surface area contributed by atoms with E-state index in [0.29, 0.717) is 18.2 Å². The molecule has 1 atom stereocenters. The van der Waals surface area contributed by atoms with Crippen molar-refractivity contribution in [2.45, 2.75) is 25.4 Å². The fraction of sp³-hybridized carbons (Fsp3) is 0.583. The fourth-order valence-electron chi connectivity index (χ4n) is 2.09. The Morgan fingerprint density at radius 3 is 3.05 bits per heavy atom. The van der Waals surface area contributed by atoms with Crippen molar-refractivity contribution in [3.05, 3.63) is 22.2 Å². The predicted molar refractivity (Wildman–Crippen MR) is 72.5 cm³/mol. The van der Waals surface area contributed by atoms with Gasteiger partial charge in [0.1, 0.15) is 5.82 Å². The molecular formula is C12H18N4O3. The molecule has 1 fully saturated rings. The molecule has 0 aromatic carbocycles. The van der Waals surface area contributed by atoms with E-state index < -0.39 is 4.92 Å². The minimum Gasteiger partial charge on any atom is -0.378 e. The van der Waals surface area contributed by atoms with Crippen LogP contribution in [0.5, 0.6) is 0 Å². The van der Waals surface area contributed by atoms with Crippen LogP contribution in [0, 0.1) is 10.1 Å². The first-order valence-electron chi connectivity index (χ1n) is 6.39. The Labute approximate surface area is 111 Å². The lowest BCUT2D eigenvalue weighted by Crippen LogP contribution is -2.14. The van der Waals surface area contributed by atoms with Gasteiger partial charge in [-0.15, -0.1) is 0 Å². The highest BCUT2D eigenvalue weighted by Crippen LogP contribution is 2.24. The largest absolute Gasteiger partial charge is 0.378 e. The average molecular weight is 266 g/mol. The molecule has 1 aliphatic rings. The van der Waals surface area contributed by atoms with Crippen molar-refractivity contribution in [3.63, 3.8) is 0 Å². The zero-order valence-electron chi connectivity index (χ0n) is 10.9. The molecule has 0 spiro atoms.